The van der Waals surface area contributed by atoms with Crippen LogP contribution in [-0.4, -0.2) is 16.1 Å². The van der Waals surface area contributed by atoms with Gasteiger partial charge in [-0.15, -0.1) is 23.1 Å². The highest BCUT2D eigenvalue weighted by molar-refractivity contribution is 8.00. The fourth-order valence-corrected chi connectivity index (χ4v) is 3.25. The van der Waals surface area contributed by atoms with E-state index < -0.39 is 0 Å². The molecule has 0 saturated carbocycles. The second-order valence-corrected chi connectivity index (χ2v) is 6.78. The van der Waals surface area contributed by atoms with Crippen LogP contribution in [0.4, 0.5) is 5.13 Å². The Morgan fingerprint density at radius 3 is 2.95 bits per heavy atom. The van der Waals surface area contributed by atoms with E-state index in [1.54, 1.807) is 29.8 Å². The second kappa shape index (κ2) is 6.61. The van der Waals surface area contributed by atoms with Gasteiger partial charge in [0.1, 0.15) is 0 Å². The van der Waals surface area contributed by atoms with Gasteiger partial charge in [0.15, 0.2) is 5.13 Å². The van der Waals surface area contributed by atoms with Gasteiger partial charge in [0, 0.05) is 21.5 Å². The lowest BCUT2D eigenvalue weighted by molar-refractivity contribution is -0.115. The van der Waals surface area contributed by atoms with E-state index in [0.717, 1.165) is 4.90 Å². The number of hydrogen-bond acceptors (Lipinski definition) is 4. The summed E-state index contributed by atoms with van der Waals surface area (Å²) in [6.45, 7) is 1.81. The van der Waals surface area contributed by atoms with Gasteiger partial charge in [0.2, 0.25) is 5.91 Å². The van der Waals surface area contributed by atoms with Crippen molar-refractivity contribution in [3.05, 3.63) is 39.8 Å². The minimum atomic E-state index is -0.292. The lowest BCUT2D eigenvalue weighted by Gasteiger charge is -2.11. The first-order valence-electron chi connectivity index (χ1n) is 5.38. The molecule has 0 aliphatic rings. The Labute approximate surface area is 129 Å². The van der Waals surface area contributed by atoms with E-state index in [9.17, 15) is 4.79 Å². The first-order valence-corrected chi connectivity index (χ1v) is 7.90. The standard InChI is InChI=1S/C12H10Cl2N2OS2/c1-7(11(17)16-12-15-4-5-18-12)19-10-6-8(13)2-3-9(10)14/h2-7H,1H3,(H,15,16,17). The van der Waals surface area contributed by atoms with Gasteiger partial charge in [-0.2, -0.15) is 0 Å². The lowest BCUT2D eigenvalue weighted by Crippen LogP contribution is -2.22. The normalized spacial score (nSPS) is 12.2. The Morgan fingerprint density at radius 2 is 2.26 bits per heavy atom. The number of thioether (sulfide) groups is 1. The second-order valence-electron chi connectivity index (χ2n) is 3.66. The highest BCUT2D eigenvalue weighted by Crippen LogP contribution is 2.33. The molecule has 1 unspecified atom stereocenters. The van der Waals surface area contributed by atoms with Crippen LogP contribution in [0.3, 0.4) is 0 Å². The fraction of sp³-hybridized carbons (Fsp3) is 0.167. The van der Waals surface area contributed by atoms with E-state index in [4.69, 9.17) is 23.2 Å². The third-order valence-corrected chi connectivity index (χ3v) is 4.75. The molecule has 19 heavy (non-hydrogen) atoms. The molecule has 0 fully saturated rings. The molecule has 1 N–H and O–H groups in total. The highest BCUT2D eigenvalue weighted by atomic mass is 35.5. The number of thiazole rings is 1. The molecule has 7 heteroatoms. The van der Waals surface area contributed by atoms with Crippen LogP contribution in [0.25, 0.3) is 0 Å². The van der Waals surface area contributed by atoms with Crippen molar-refractivity contribution in [1.82, 2.24) is 4.98 Å². The van der Waals surface area contributed by atoms with Crippen molar-refractivity contribution in [2.45, 2.75) is 17.1 Å². The van der Waals surface area contributed by atoms with Crippen LogP contribution in [0.15, 0.2) is 34.7 Å². The Balaban J connectivity index is 2.02. The van der Waals surface area contributed by atoms with Crippen molar-refractivity contribution in [3.63, 3.8) is 0 Å². The molecule has 3 nitrogen and oxygen atoms in total. The van der Waals surface area contributed by atoms with Gasteiger partial charge in [-0.1, -0.05) is 23.2 Å². The summed E-state index contributed by atoms with van der Waals surface area (Å²) in [5.74, 6) is -0.115. The quantitative estimate of drug-likeness (QED) is 0.834. The molecule has 0 bridgehead atoms. The number of carbonyl (C=O) groups excluding carboxylic acids is 1. The largest absolute Gasteiger partial charge is 0.301 e. The number of aromatic nitrogens is 1. The first-order chi connectivity index (χ1) is 9.06. The molecule has 1 heterocycles. The van der Waals surface area contributed by atoms with Crippen molar-refractivity contribution < 1.29 is 4.79 Å². The van der Waals surface area contributed by atoms with Gasteiger partial charge in [-0.05, 0) is 25.1 Å². The highest BCUT2D eigenvalue weighted by Gasteiger charge is 2.17. The molecule has 0 spiro atoms. The van der Waals surface area contributed by atoms with E-state index in [2.05, 4.69) is 10.3 Å². The monoisotopic (exact) mass is 332 g/mol. The maximum absolute atomic E-state index is 12.0. The lowest BCUT2D eigenvalue weighted by atomic mass is 10.4. The number of amides is 1. The van der Waals surface area contributed by atoms with Crippen LogP contribution in [0.1, 0.15) is 6.92 Å². The molecule has 1 amide bonds. The third kappa shape index (κ3) is 4.11. The molecule has 0 aliphatic heterocycles. The zero-order valence-electron chi connectivity index (χ0n) is 9.89. The van der Waals surface area contributed by atoms with Crippen molar-refractivity contribution >= 4 is 57.3 Å². The topological polar surface area (TPSA) is 42.0 Å². The number of hydrogen-bond donors (Lipinski definition) is 1. The average Bonchev–Trinajstić information content (AvgIpc) is 2.86. The zero-order chi connectivity index (χ0) is 13.8. The van der Waals surface area contributed by atoms with Crippen LogP contribution in [0, 0.1) is 0 Å². The van der Waals surface area contributed by atoms with E-state index in [0.29, 0.717) is 15.2 Å². The van der Waals surface area contributed by atoms with Gasteiger partial charge in [-0.25, -0.2) is 4.98 Å². The molecular weight excluding hydrogens is 323 g/mol. The number of nitrogens with one attached hydrogen (secondary N) is 1. The summed E-state index contributed by atoms with van der Waals surface area (Å²) in [4.78, 5) is 16.8. The molecule has 0 aliphatic carbocycles. The molecule has 1 aromatic heterocycles. The Morgan fingerprint density at radius 1 is 1.47 bits per heavy atom. The number of halogens is 2. The summed E-state index contributed by atoms with van der Waals surface area (Å²) >= 11 is 14.7. The minimum absolute atomic E-state index is 0.115. The van der Waals surface area contributed by atoms with Crippen LogP contribution in [-0.2, 0) is 4.79 Å². The number of benzene rings is 1. The number of rotatable bonds is 4. The maximum atomic E-state index is 12.0. The molecular formula is C12H10Cl2N2OS2. The number of nitrogens with zero attached hydrogens (tertiary/aromatic N) is 1. The molecule has 0 radical (unpaired) electrons. The summed E-state index contributed by atoms with van der Waals surface area (Å²) in [6.07, 6.45) is 1.64. The fourth-order valence-electron chi connectivity index (χ4n) is 1.30. The van der Waals surface area contributed by atoms with Gasteiger partial charge >= 0.3 is 0 Å². The minimum Gasteiger partial charge on any atom is -0.301 e. The van der Waals surface area contributed by atoms with Crippen molar-refractivity contribution in [3.8, 4) is 0 Å². The average molecular weight is 333 g/mol. The Hall–Kier alpha value is -0.750. The van der Waals surface area contributed by atoms with Crippen molar-refractivity contribution in [2.24, 2.45) is 0 Å². The molecule has 2 aromatic rings. The van der Waals surface area contributed by atoms with E-state index in [1.807, 2.05) is 6.92 Å². The van der Waals surface area contributed by atoms with Crippen LogP contribution >= 0.6 is 46.3 Å². The number of anilines is 1. The summed E-state index contributed by atoms with van der Waals surface area (Å²) in [7, 11) is 0. The Kier molecular flexibility index (Phi) is 5.10. The van der Waals surface area contributed by atoms with Gasteiger partial charge < -0.3 is 5.32 Å². The predicted octanol–water partition coefficient (Wildman–Crippen LogP) is 4.57. The van der Waals surface area contributed by atoms with Gasteiger partial charge in [0.25, 0.3) is 0 Å². The summed E-state index contributed by atoms with van der Waals surface area (Å²) in [5, 5.41) is 6.04. The molecule has 2 rings (SSSR count). The molecule has 1 aromatic carbocycles. The van der Waals surface area contributed by atoms with Crippen molar-refractivity contribution in [1.29, 1.82) is 0 Å². The molecule has 0 saturated heterocycles. The zero-order valence-corrected chi connectivity index (χ0v) is 13.0. The van der Waals surface area contributed by atoms with E-state index >= 15 is 0 Å². The van der Waals surface area contributed by atoms with Crippen molar-refractivity contribution in [2.75, 3.05) is 5.32 Å². The third-order valence-electron chi connectivity index (χ3n) is 2.23. The summed E-state index contributed by atoms with van der Waals surface area (Å²) in [5.41, 5.74) is 0. The smallest absolute Gasteiger partial charge is 0.239 e. The van der Waals surface area contributed by atoms with E-state index in [1.165, 1.54) is 23.1 Å². The van der Waals surface area contributed by atoms with Gasteiger partial charge in [0.05, 0.1) is 10.3 Å². The Bertz CT molecular complexity index is 575. The molecule has 100 valence electrons. The summed E-state index contributed by atoms with van der Waals surface area (Å²) < 4.78 is 0. The number of carbonyl (C=O) groups is 1. The maximum Gasteiger partial charge on any atom is 0.239 e. The first kappa shape index (κ1) is 14.7. The molecule has 1 atom stereocenters. The SMILES string of the molecule is CC(Sc1cc(Cl)ccc1Cl)C(=O)Nc1nccs1. The van der Waals surface area contributed by atoms with Crippen LogP contribution < -0.4 is 5.32 Å². The van der Waals surface area contributed by atoms with Crippen LogP contribution in [0.5, 0.6) is 0 Å². The predicted molar refractivity (Wildman–Crippen MR) is 82.5 cm³/mol. The van der Waals surface area contributed by atoms with Crippen LogP contribution in [0.2, 0.25) is 10.0 Å². The van der Waals surface area contributed by atoms with E-state index in [-0.39, 0.29) is 11.2 Å². The van der Waals surface area contributed by atoms with Gasteiger partial charge in [-0.3, -0.25) is 4.79 Å². The summed E-state index contributed by atoms with van der Waals surface area (Å²) in [6, 6.07) is 5.19.